The lowest BCUT2D eigenvalue weighted by Gasteiger charge is -2.25. The summed E-state index contributed by atoms with van der Waals surface area (Å²) in [5.41, 5.74) is 0. The lowest BCUT2D eigenvalue weighted by Crippen LogP contribution is -2.46. The van der Waals surface area contributed by atoms with Gasteiger partial charge in [0.05, 0.1) is 6.42 Å². The number of urea groups is 1. The molecule has 98 valence electrons. The Morgan fingerprint density at radius 3 is 2.53 bits per heavy atom. The summed E-state index contributed by atoms with van der Waals surface area (Å²) in [6.07, 6.45) is 1.40. The van der Waals surface area contributed by atoms with Crippen molar-refractivity contribution in [3.05, 3.63) is 0 Å². The van der Waals surface area contributed by atoms with Crippen LogP contribution in [0, 0.1) is 0 Å². The summed E-state index contributed by atoms with van der Waals surface area (Å²) < 4.78 is 11.1. The molecule has 0 aromatic carbocycles. The molecule has 0 aromatic rings. The van der Waals surface area contributed by atoms with Gasteiger partial charge in [0.2, 0.25) is 0 Å². The lowest BCUT2D eigenvalue weighted by atomic mass is 10.1. The van der Waals surface area contributed by atoms with E-state index in [0.29, 0.717) is 11.5 Å². The molecule has 17 heavy (non-hydrogen) atoms. The van der Waals surface area contributed by atoms with Gasteiger partial charge >= 0.3 is 12.0 Å². The van der Waals surface area contributed by atoms with Gasteiger partial charge in [0.15, 0.2) is 0 Å². The zero-order valence-corrected chi connectivity index (χ0v) is 10.7. The number of carbonyl (C=O) groups is 2. The van der Waals surface area contributed by atoms with E-state index >= 15 is 0 Å². The number of nitrogens with zero attached hydrogens (tertiary/aromatic N) is 1. The first-order chi connectivity index (χ1) is 7.99. The van der Waals surface area contributed by atoms with Gasteiger partial charge in [-0.2, -0.15) is 0 Å². The van der Waals surface area contributed by atoms with Gasteiger partial charge in [-0.25, -0.2) is 4.79 Å². The van der Waals surface area contributed by atoms with E-state index in [1.165, 1.54) is 4.90 Å². The smallest absolute Gasteiger partial charge is 0.317 e. The maximum atomic E-state index is 11.7. The van der Waals surface area contributed by atoms with E-state index in [1.54, 1.807) is 7.05 Å². The summed E-state index contributed by atoms with van der Waals surface area (Å²) in [4.78, 5) is 23.4. The molecular weight excluding hydrogens is 244 g/mol. The van der Waals surface area contributed by atoms with Crippen LogP contribution in [-0.2, 0) is 15.6 Å². The van der Waals surface area contributed by atoms with Crippen LogP contribution in [0.3, 0.4) is 0 Å². The third-order valence-corrected chi connectivity index (χ3v) is 4.11. The number of aliphatic carboxylic acids is 1. The Balaban J connectivity index is 2.28. The molecule has 7 heteroatoms. The van der Waals surface area contributed by atoms with Crippen molar-refractivity contribution in [3.63, 3.8) is 0 Å². The van der Waals surface area contributed by atoms with Gasteiger partial charge in [-0.05, 0) is 12.8 Å². The minimum atomic E-state index is -0.919. The fourth-order valence-corrected chi connectivity index (χ4v) is 2.89. The average Bonchev–Trinajstić information content (AvgIpc) is 2.28. The molecule has 1 rings (SSSR count). The Hall–Kier alpha value is -1.11. The number of carboxylic acids is 1. The number of carbonyl (C=O) groups excluding carboxylic acids is 1. The molecule has 6 nitrogen and oxygen atoms in total. The van der Waals surface area contributed by atoms with Gasteiger partial charge in [-0.15, -0.1) is 0 Å². The molecule has 0 aromatic heterocycles. The van der Waals surface area contributed by atoms with Gasteiger partial charge in [-0.1, -0.05) is 0 Å². The minimum Gasteiger partial charge on any atom is -0.481 e. The molecule has 1 heterocycles. The van der Waals surface area contributed by atoms with Crippen molar-refractivity contribution >= 4 is 22.8 Å². The van der Waals surface area contributed by atoms with Crippen LogP contribution < -0.4 is 5.32 Å². The molecule has 0 atom stereocenters. The Morgan fingerprint density at radius 2 is 2.00 bits per heavy atom. The van der Waals surface area contributed by atoms with E-state index in [1.807, 2.05) is 0 Å². The summed E-state index contributed by atoms with van der Waals surface area (Å²) in [5.74, 6) is 0.339. The van der Waals surface area contributed by atoms with Crippen molar-refractivity contribution in [2.75, 3.05) is 25.1 Å². The molecule has 2 amide bonds. The average molecular weight is 262 g/mol. The Kier molecular flexibility index (Phi) is 5.40. The van der Waals surface area contributed by atoms with Crippen molar-refractivity contribution in [3.8, 4) is 0 Å². The fourth-order valence-electron chi connectivity index (χ4n) is 1.59. The molecule has 0 saturated carbocycles. The largest absolute Gasteiger partial charge is 0.481 e. The van der Waals surface area contributed by atoms with E-state index in [2.05, 4.69) is 5.32 Å². The second-order valence-electron chi connectivity index (χ2n) is 4.14. The molecule has 0 bridgehead atoms. The molecule has 0 aliphatic carbocycles. The van der Waals surface area contributed by atoms with Gasteiger partial charge in [0.25, 0.3) is 0 Å². The molecule has 1 aliphatic heterocycles. The van der Waals surface area contributed by atoms with E-state index < -0.39 is 16.8 Å². The number of amides is 2. The van der Waals surface area contributed by atoms with Crippen molar-refractivity contribution in [2.45, 2.75) is 25.3 Å². The van der Waals surface area contributed by atoms with E-state index in [4.69, 9.17) is 5.11 Å². The predicted molar refractivity (Wildman–Crippen MR) is 64.3 cm³/mol. The summed E-state index contributed by atoms with van der Waals surface area (Å²) in [5, 5.41) is 11.3. The van der Waals surface area contributed by atoms with E-state index in [-0.39, 0.29) is 25.0 Å². The van der Waals surface area contributed by atoms with Crippen LogP contribution in [-0.4, -0.2) is 57.4 Å². The molecule has 1 fully saturated rings. The zero-order chi connectivity index (χ0) is 12.8. The maximum Gasteiger partial charge on any atom is 0.317 e. The van der Waals surface area contributed by atoms with Gasteiger partial charge in [0, 0.05) is 41.9 Å². The first-order valence-corrected chi connectivity index (χ1v) is 7.06. The molecule has 0 unspecified atom stereocenters. The van der Waals surface area contributed by atoms with Crippen molar-refractivity contribution in [1.29, 1.82) is 0 Å². The van der Waals surface area contributed by atoms with E-state index in [0.717, 1.165) is 12.8 Å². The summed E-state index contributed by atoms with van der Waals surface area (Å²) in [6.45, 7) is 0.194. The number of rotatable bonds is 4. The Labute approximate surface area is 103 Å². The quantitative estimate of drug-likeness (QED) is 0.747. The highest BCUT2D eigenvalue weighted by Gasteiger charge is 2.20. The Bertz CT molecular complexity index is 311. The molecule has 1 saturated heterocycles. The summed E-state index contributed by atoms with van der Waals surface area (Å²) >= 11 is 0. The number of nitrogens with one attached hydrogen (secondary N) is 1. The van der Waals surface area contributed by atoms with Crippen molar-refractivity contribution < 1.29 is 18.9 Å². The lowest BCUT2D eigenvalue weighted by molar-refractivity contribution is -0.137. The number of carboxylic acid groups (broad SMARTS) is 1. The van der Waals surface area contributed by atoms with Crippen molar-refractivity contribution in [2.24, 2.45) is 0 Å². The van der Waals surface area contributed by atoms with Crippen molar-refractivity contribution in [1.82, 2.24) is 10.2 Å². The van der Waals surface area contributed by atoms with Crippen LogP contribution in [0.5, 0.6) is 0 Å². The zero-order valence-electron chi connectivity index (χ0n) is 9.85. The van der Waals surface area contributed by atoms with Crippen LogP contribution in [0.2, 0.25) is 0 Å². The number of hydrogen-bond donors (Lipinski definition) is 2. The highest BCUT2D eigenvalue weighted by Crippen LogP contribution is 2.09. The topological polar surface area (TPSA) is 86.7 Å². The third kappa shape index (κ3) is 5.16. The third-order valence-electron chi connectivity index (χ3n) is 2.72. The summed E-state index contributed by atoms with van der Waals surface area (Å²) in [6, 6.07) is -0.198. The standard InChI is InChI=1S/C10H18N2O4S/c1-12(5-2-9(13)14)10(15)11-8-3-6-17(16)7-4-8/h8H,2-7H2,1H3,(H,11,15)(H,13,14). The fraction of sp³-hybridized carbons (Fsp3) is 0.800. The molecule has 0 spiro atoms. The van der Waals surface area contributed by atoms with Gasteiger partial charge in [0.1, 0.15) is 0 Å². The second-order valence-corrected chi connectivity index (χ2v) is 5.83. The second kappa shape index (κ2) is 6.58. The molecule has 1 aliphatic rings. The van der Waals surface area contributed by atoms with Crippen LogP contribution in [0.25, 0.3) is 0 Å². The molecule has 0 radical (unpaired) electrons. The monoisotopic (exact) mass is 262 g/mol. The van der Waals surface area contributed by atoms with Crippen LogP contribution in [0.15, 0.2) is 0 Å². The summed E-state index contributed by atoms with van der Waals surface area (Å²) in [7, 11) is 0.830. The Morgan fingerprint density at radius 1 is 1.41 bits per heavy atom. The van der Waals surface area contributed by atoms with Crippen LogP contribution in [0.1, 0.15) is 19.3 Å². The molecule has 2 N–H and O–H groups in total. The van der Waals surface area contributed by atoms with Gasteiger partial charge in [-0.3, -0.25) is 9.00 Å². The first kappa shape index (κ1) is 14.0. The maximum absolute atomic E-state index is 11.7. The predicted octanol–water partition coefficient (Wildman–Crippen LogP) is 0.0136. The SMILES string of the molecule is CN(CCC(=O)O)C(=O)NC1CCS(=O)CC1. The minimum absolute atomic E-state index is 0.0569. The van der Waals surface area contributed by atoms with Crippen LogP contribution in [0.4, 0.5) is 4.79 Å². The highest BCUT2D eigenvalue weighted by molar-refractivity contribution is 7.85. The van der Waals surface area contributed by atoms with Gasteiger partial charge < -0.3 is 15.3 Å². The highest BCUT2D eigenvalue weighted by atomic mass is 32.2. The normalized spacial score (nSPS) is 24.1. The van der Waals surface area contributed by atoms with E-state index in [9.17, 15) is 13.8 Å². The van der Waals surface area contributed by atoms with Crippen LogP contribution >= 0.6 is 0 Å². The number of hydrogen-bond acceptors (Lipinski definition) is 3. The molecular formula is C10H18N2O4S. The first-order valence-electron chi connectivity index (χ1n) is 5.57.